The summed E-state index contributed by atoms with van der Waals surface area (Å²) in [5, 5.41) is 3.19. The highest BCUT2D eigenvalue weighted by Crippen LogP contribution is 2.22. The minimum absolute atomic E-state index is 0.0478. The van der Waals surface area contributed by atoms with Gasteiger partial charge in [0.25, 0.3) is 0 Å². The SMILES string of the molecule is Cc1ccc(CSCC(=O)N(Cc2ccccc2F)[C@H](Cc2ccccc2)C(=O)NC2CCCC2)cc1. The Kier molecular flexibility index (Phi) is 9.78. The van der Waals surface area contributed by atoms with Crippen molar-refractivity contribution in [3.63, 3.8) is 0 Å². The Morgan fingerprint density at radius 2 is 1.62 bits per heavy atom. The molecule has 0 spiro atoms. The molecule has 4 nitrogen and oxygen atoms in total. The number of rotatable bonds is 11. The van der Waals surface area contributed by atoms with Crippen molar-refractivity contribution in [2.24, 2.45) is 0 Å². The van der Waals surface area contributed by atoms with Gasteiger partial charge in [-0.15, -0.1) is 11.8 Å². The van der Waals surface area contributed by atoms with E-state index in [0.717, 1.165) is 36.8 Å². The Bertz CT molecular complexity index is 1160. The van der Waals surface area contributed by atoms with Crippen LogP contribution in [0.15, 0.2) is 78.9 Å². The second-order valence-corrected chi connectivity index (χ2v) is 10.8. The molecule has 4 rings (SSSR count). The van der Waals surface area contributed by atoms with Crippen LogP contribution in [0, 0.1) is 12.7 Å². The molecule has 0 aliphatic heterocycles. The van der Waals surface area contributed by atoms with Gasteiger partial charge in [-0.25, -0.2) is 4.39 Å². The van der Waals surface area contributed by atoms with Gasteiger partial charge in [0.15, 0.2) is 0 Å². The molecule has 0 bridgehead atoms. The molecule has 6 heteroatoms. The van der Waals surface area contributed by atoms with E-state index in [2.05, 4.69) is 29.6 Å². The Balaban J connectivity index is 1.56. The molecule has 2 amide bonds. The van der Waals surface area contributed by atoms with Crippen molar-refractivity contribution in [3.8, 4) is 0 Å². The summed E-state index contributed by atoms with van der Waals surface area (Å²) in [5.41, 5.74) is 3.71. The number of carbonyl (C=O) groups excluding carboxylic acids is 2. The smallest absolute Gasteiger partial charge is 0.243 e. The maximum absolute atomic E-state index is 14.7. The molecule has 0 unspecified atom stereocenters. The number of hydrogen-bond donors (Lipinski definition) is 1. The molecular formula is C31H35FN2O2S. The first kappa shape index (κ1) is 26.9. The lowest BCUT2D eigenvalue weighted by Crippen LogP contribution is -2.52. The quantitative estimate of drug-likeness (QED) is 0.335. The van der Waals surface area contributed by atoms with E-state index >= 15 is 0 Å². The summed E-state index contributed by atoms with van der Waals surface area (Å²) in [5.74, 6) is 0.204. The van der Waals surface area contributed by atoms with Gasteiger partial charge in [0.1, 0.15) is 11.9 Å². The predicted octanol–water partition coefficient (Wildman–Crippen LogP) is 6.07. The van der Waals surface area contributed by atoms with Crippen molar-refractivity contribution >= 4 is 23.6 Å². The molecule has 3 aromatic carbocycles. The second-order valence-electron chi connectivity index (χ2n) is 9.79. The highest BCUT2D eigenvalue weighted by atomic mass is 32.2. The maximum atomic E-state index is 14.7. The van der Waals surface area contributed by atoms with Crippen molar-refractivity contribution in [1.82, 2.24) is 10.2 Å². The summed E-state index contributed by atoms with van der Waals surface area (Å²) in [7, 11) is 0. The van der Waals surface area contributed by atoms with E-state index in [-0.39, 0.29) is 36.0 Å². The number of nitrogens with one attached hydrogen (secondary N) is 1. The molecule has 194 valence electrons. The number of carbonyl (C=O) groups is 2. The van der Waals surface area contributed by atoms with Crippen LogP contribution in [0.1, 0.15) is 47.9 Å². The van der Waals surface area contributed by atoms with Gasteiger partial charge in [-0.2, -0.15) is 0 Å². The van der Waals surface area contributed by atoms with E-state index in [0.29, 0.717) is 17.7 Å². The fourth-order valence-corrected chi connectivity index (χ4v) is 5.63. The topological polar surface area (TPSA) is 49.4 Å². The molecule has 1 aliphatic rings. The number of halogens is 1. The minimum Gasteiger partial charge on any atom is -0.352 e. The van der Waals surface area contributed by atoms with Crippen LogP contribution >= 0.6 is 11.8 Å². The number of aryl methyl sites for hydroxylation is 1. The first-order chi connectivity index (χ1) is 18.0. The summed E-state index contributed by atoms with van der Waals surface area (Å²) < 4.78 is 14.7. The Morgan fingerprint density at radius 3 is 2.32 bits per heavy atom. The molecule has 1 atom stereocenters. The Hall–Kier alpha value is -3.12. The molecular weight excluding hydrogens is 483 g/mol. The van der Waals surface area contributed by atoms with Crippen LogP contribution in [0.2, 0.25) is 0 Å². The van der Waals surface area contributed by atoms with Gasteiger partial charge in [0, 0.05) is 30.3 Å². The number of benzene rings is 3. The van der Waals surface area contributed by atoms with E-state index in [1.165, 1.54) is 23.4 Å². The average molecular weight is 519 g/mol. The first-order valence-corrected chi connectivity index (χ1v) is 14.2. The summed E-state index contributed by atoms with van der Waals surface area (Å²) in [6.07, 6.45) is 4.49. The second kappa shape index (κ2) is 13.4. The van der Waals surface area contributed by atoms with E-state index in [1.807, 2.05) is 37.3 Å². The molecule has 1 aliphatic carbocycles. The van der Waals surface area contributed by atoms with E-state index in [9.17, 15) is 14.0 Å². The van der Waals surface area contributed by atoms with Gasteiger partial charge in [0.05, 0.1) is 5.75 Å². The van der Waals surface area contributed by atoms with Crippen LogP contribution in [0.25, 0.3) is 0 Å². The lowest BCUT2D eigenvalue weighted by Gasteiger charge is -2.32. The molecule has 1 saturated carbocycles. The normalized spacial score (nSPS) is 14.3. The number of thioether (sulfide) groups is 1. The molecule has 0 saturated heterocycles. The minimum atomic E-state index is -0.727. The Labute approximate surface area is 223 Å². The van der Waals surface area contributed by atoms with Crippen LogP contribution in [0.5, 0.6) is 0 Å². The lowest BCUT2D eigenvalue weighted by atomic mass is 10.0. The van der Waals surface area contributed by atoms with Gasteiger partial charge < -0.3 is 10.2 Å². The van der Waals surface area contributed by atoms with Gasteiger partial charge in [-0.3, -0.25) is 9.59 Å². The van der Waals surface area contributed by atoms with Crippen molar-refractivity contribution in [3.05, 3.63) is 107 Å². The zero-order valence-electron chi connectivity index (χ0n) is 21.4. The zero-order valence-corrected chi connectivity index (χ0v) is 22.2. The van der Waals surface area contributed by atoms with Crippen molar-refractivity contribution in [2.45, 2.75) is 63.4 Å². The molecule has 0 aromatic heterocycles. The fraction of sp³-hybridized carbons (Fsp3) is 0.355. The predicted molar refractivity (Wildman–Crippen MR) is 149 cm³/mol. The summed E-state index contributed by atoms with van der Waals surface area (Å²) in [6, 6.07) is 23.9. The van der Waals surface area contributed by atoms with Crippen molar-refractivity contribution < 1.29 is 14.0 Å². The summed E-state index contributed by atoms with van der Waals surface area (Å²) >= 11 is 1.52. The van der Waals surface area contributed by atoms with Crippen LogP contribution in [-0.2, 0) is 28.3 Å². The Morgan fingerprint density at radius 1 is 0.946 bits per heavy atom. The number of nitrogens with zero attached hydrogens (tertiary/aromatic N) is 1. The number of amides is 2. The van der Waals surface area contributed by atoms with Crippen molar-refractivity contribution in [2.75, 3.05) is 5.75 Å². The van der Waals surface area contributed by atoms with E-state index < -0.39 is 6.04 Å². The summed E-state index contributed by atoms with van der Waals surface area (Å²) in [4.78, 5) is 28.9. The van der Waals surface area contributed by atoms with Crippen LogP contribution < -0.4 is 5.32 Å². The summed E-state index contributed by atoms with van der Waals surface area (Å²) in [6.45, 7) is 2.09. The van der Waals surface area contributed by atoms with Crippen molar-refractivity contribution in [1.29, 1.82) is 0 Å². The zero-order chi connectivity index (χ0) is 26.0. The van der Waals surface area contributed by atoms with E-state index in [4.69, 9.17) is 0 Å². The lowest BCUT2D eigenvalue weighted by molar-refractivity contribution is -0.139. The first-order valence-electron chi connectivity index (χ1n) is 13.0. The van der Waals surface area contributed by atoms with Crippen LogP contribution in [0.4, 0.5) is 4.39 Å². The van der Waals surface area contributed by atoms with Gasteiger partial charge in [-0.1, -0.05) is 91.2 Å². The third-order valence-corrected chi connectivity index (χ3v) is 7.87. The molecule has 3 aromatic rings. The maximum Gasteiger partial charge on any atom is 0.243 e. The monoisotopic (exact) mass is 518 g/mol. The average Bonchev–Trinajstić information content (AvgIpc) is 3.42. The molecule has 0 radical (unpaired) electrons. The van der Waals surface area contributed by atoms with Crippen LogP contribution in [-0.4, -0.2) is 34.6 Å². The molecule has 0 heterocycles. The van der Waals surface area contributed by atoms with E-state index in [1.54, 1.807) is 23.1 Å². The molecule has 37 heavy (non-hydrogen) atoms. The fourth-order valence-electron chi connectivity index (χ4n) is 4.76. The number of hydrogen-bond acceptors (Lipinski definition) is 3. The van der Waals surface area contributed by atoms with Crippen LogP contribution in [0.3, 0.4) is 0 Å². The standard InChI is InChI=1S/C31H35FN2O2S/c1-23-15-17-25(18-16-23)21-37-22-30(35)34(20-26-11-5-8-14-28(26)32)29(19-24-9-3-2-4-10-24)31(36)33-27-12-6-7-13-27/h2-5,8-11,14-18,27,29H,6-7,12-13,19-22H2,1H3,(H,33,36)/t29-/m1/s1. The third kappa shape index (κ3) is 7.93. The molecule has 1 fully saturated rings. The largest absolute Gasteiger partial charge is 0.352 e. The van der Waals surface area contributed by atoms with Gasteiger partial charge in [0.2, 0.25) is 11.8 Å². The van der Waals surface area contributed by atoms with Gasteiger partial charge in [-0.05, 0) is 37.0 Å². The molecule has 1 N–H and O–H groups in total. The highest BCUT2D eigenvalue weighted by molar-refractivity contribution is 7.99. The highest BCUT2D eigenvalue weighted by Gasteiger charge is 2.32. The van der Waals surface area contributed by atoms with Gasteiger partial charge >= 0.3 is 0 Å². The third-order valence-electron chi connectivity index (χ3n) is 6.89.